The second-order valence-electron chi connectivity index (χ2n) is 5.02. The lowest BCUT2D eigenvalue weighted by atomic mass is 10.0. The monoisotopic (exact) mass is 351 g/mol. The zero-order chi connectivity index (χ0) is 18.6. The Balaban J connectivity index is 2.59. The first-order chi connectivity index (χ1) is 11.8. The van der Waals surface area contributed by atoms with Crippen LogP contribution in [0.5, 0.6) is 5.75 Å². The Morgan fingerprint density at radius 1 is 1.32 bits per heavy atom. The van der Waals surface area contributed by atoms with Crippen LogP contribution in [0.3, 0.4) is 0 Å². The largest absolute Gasteiger partial charge is 0.492 e. The van der Waals surface area contributed by atoms with Crippen molar-refractivity contribution in [3.05, 3.63) is 35.5 Å². The van der Waals surface area contributed by atoms with Crippen molar-refractivity contribution in [2.45, 2.75) is 6.18 Å². The molecule has 2 aromatic rings. The van der Waals surface area contributed by atoms with Crippen LogP contribution in [0, 0.1) is 11.3 Å². The maximum atomic E-state index is 13.3. The van der Waals surface area contributed by atoms with E-state index in [0.29, 0.717) is 5.69 Å². The predicted molar refractivity (Wildman–Crippen MR) is 87.9 cm³/mol. The minimum absolute atomic E-state index is 0.0367. The number of aromatic nitrogens is 1. The van der Waals surface area contributed by atoms with Crippen molar-refractivity contribution >= 4 is 11.4 Å². The molecule has 1 aromatic carbocycles. The zero-order valence-electron chi connectivity index (χ0n) is 13.3. The lowest BCUT2D eigenvalue weighted by Crippen LogP contribution is -2.14. The Morgan fingerprint density at radius 3 is 2.60 bits per heavy atom. The highest BCUT2D eigenvalue weighted by atomic mass is 19.4. The Kier molecular flexibility index (Phi) is 5.34. The summed E-state index contributed by atoms with van der Waals surface area (Å²) in [5.74, 6) is -0.313. The number of benzene rings is 1. The normalized spacial score (nSPS) is 11.0. The molecule has 0 aliphatic heterocycles. The van der Waals surface area contributed by atoms with Gasteiger partial charge in [-0.1, -0.05) is 0 Å². The van der Waals surface area contributed by atoms with E-state index >= 15 is 0 Å². The van der Waals surface area contributed by atoms with Crippen LogP contribution in [0.2, 0.25) is 0 Å². The van der Waals surface area contributed by atoms with Crippen LogP contribution < -0.4 is 21.5 Å². The van der Waals surface area contributed by atoms with Gasteiger partial charge in [0.2, 0.25) is 0 Å². The second-order valence-corrected chi connectivity index (χ2v) is 5.02. The molecular formula is C16H16F3N5O. The molecule has 132 valence electrons. The Morgan fingerprint density at radius 2 is 2.04 bits per heavy atom. The van der Waals surface area contributed by atoms with Gasteiger partial charge in [0.1, 0.15) is 18.4 Å². The van der Waals surface area contributed by atoms with Crippen LogP contribution in [0.15, 0.2) is 24.3 Å². The number of halogens is 3. The van der Waals surface area contributed by atoms with Gasteiger partial charge in [-0.3, -0.25) is 0 Å². The first-order valence-electron chi connectivity index (χ1n) is 7.24. The average molecular weight is 351 g/mol. The molecule has 0 aliphatic rings. The van der Waals surface area contributed by atoms with Gasteiger partial charge in [0.25, 0.3) is 0 Å². The molecule has 0 atom stereocenters. The van der Waals surface area contributed by atoms with Gasteiger partial charge < -0.3 is 21.5 Å². The third-order valence-corrected chi connectivity index (χ3v) is 3.39. The van der Waals surface area contributed by atoms with Gasteiger partial charge in [0, 0.05) is 19.2 Å². The van der Waals surface area contributed by atoms with Gasteiger partial charge in [-0.25, -0.2) is 4.98 Å². The number of nitriles is 1. The maximum Gasteiger partial charge on any atom is 0.419 e. The lowest BCUT2D eigenvalue weighted by molar-refractivity contribution is -0.138. The molecule has 0 saturated heterocycles. The van der Waals surface area contributed by atoms with Gasteiger partial charge in [0.05, 0.1) is 22.6 Å². The molecule has 2 rings (SSSR count). The number of hydrogen-bond donors (Lipinski definition) is 3. The van der Waals surface area contributed by atoms with Crippen molar-refractivity contribution < 1.29 is 17.9 Å². The highest BCUT2D eigenvalue weighted by molar-refractivity contribution is 5.77. The summed E-state index contributed by atoms with van der Waals surface area (Å²) >= 11 is 0. The molecule has 25 heavy (non-hydrogen) atoms. The molecule has 1 heterocycles. The Bertz CT molecular complexity index is 815. The smallest absolute Gasteiger partial charge is 0.419 e. The summed E-state index contributed by atoms with van der Waals surface area (Å²) in [6.45, 7) is 0.0562. The lowest BCUT2D eigenvalue weighted by Gasteiger charge is -2.16. The topological polar surface area (TPSA) is 110 Å². The number of hydrogen-bond acceptors (Lipinski definition) is 6. The minimum Gasteiger partial charge on any atom is -0.492 e. The van der Waals surface area contributed by atoms with Gasteiger partial charge in [-0.05, 0) is 24.3 Å². The van der Waals surface area contributed by atoms with E-state index in [1.165, 1.54) is 18.2 Å². The van der Waals surface area contributed by atoms with E-state index in [9.17, 15) is 13.2 Å². The number of nitrogens with one attached hydrogen (secondary N) is 1. The summed E-state index contributed by atoms with van der Waals surface area (Å²) in [7, 11) is 1.58. The van der Waals surface area contributed by atoms with Crippen LogP contribution in [0.25, 0.3) is 11.3 Å². The number of ether oxygens (including phenoxy) is 1. The number of nitrogens with two attached hydrogens (primary N) is 2. The molecule has 0 amide bonds. The fourth-order valence-corrected chi connectivity index (χ4v) is 2.20. The van der Waals surface area contributed by atoms with E-state index in [-0.39, 0.29) is 41.5 Å². The molecule has 0 spiro atoms. The third kappa shape index (κ3) is 3.92. The highest BCUT2D eigenvalue weighted by Gasteiger charge is 2.35. The Labute approximate surface area is 142 Å². The van der Waals surface area contributed by atoms with Gasteiger partial charge in [0.15, 0.2) is 5.69 Å². The van der Waals surface area contributed by atoms with E-state index < -0.39 is 11.7 Å². The molecule has 0 unspecified atom stereocenters. The molecule has 9 heteroatoms. The molecule has 0 bridgehead atoms. The van der Waals surface area contributed by atoms with Crippen molar-refractivity contribution in [1.29, 1.82) is 5.26 Å². The summed E-state index contributed by atoms with van der Waals surface area (Å²) in [6, 6.07) is 6.86. The molecule has 0 saturated carbocycles. The van der Waals surface area contributed by atoms with Crippen LogP contribution in [-0.2, 0) is 6.18 Å². The number of nitrogen functional groups attached to an aromatic ring is 1. The van der Waals surface area contributed by atoms with Crippen molar-refractivity contribution in [2.75, 3.05) is 31.2 Å². The van der Waals surface area contributed by atoms with Crippen LogP contribution in [0.4, 0.5) is 24.5 Å². The van der Waals surface area contributed by atoms with Crippen LogP contribution in [0.1, 0.15) is 11.3 Å². The summed E-state index contributed by atoms with van der Waals surface area (Å²) in [5.41, 5.74) is 10.9. The summed E-state index contributed by atoms with van der Waals surface area (Å²) in [4.78, 5) is 4.03. The van der Waals surface area contributed by atoms with E-state index in [0.717, 1.165) is 6.07 Å². The van der Waals surface area contributed by atoms with Crippen LogP contribution >= 0.6 is 0 Å². The highest BCUT2D eigenvalue weighted by Crippen LogP contribution is 2.39. The molecule has 0 aliphatic carbocycles. The van der Waals surface area contributed by atoms with E-state index in [1.807, 2.05) is 6.07 Å². The van der Waals surface area contributed by atoms with Crippen molar-refractivity contribution in [2.24, 2.45) is 5.73 Å². The predicted octanol–water partition coefficient (Wildman–Crippen LogP) is 2.60. The first kappa shape index (κ1) is 18.4. The quantitative estimate of drug-likeness (QED) is 0.764. The van der Waals surface area contributed by atoms with E-state index in [1.54, 1.807) is 7.05 Å². The summed E-state index contributed by atoms with van der Waals surface area (Å²) in [6.07, 6.45) is -4.61. The molecule has 0 fully saturated rings. The van der Waals surface area contributed by atoms with E-state index in [4.69, 9.17) is 21.5 Å². The van der Waals surface area contributed by atoms with Crippen molar-refractivity contribution in [3.63, 3.8) is 0 Å². The number of nitrogens with zero attached hydrogens (tertiary/aromatic N) is 2. The number of rotatable bonds is 5. The first-order valence-corrected chi connectivity index (χ1v) is 7.24. The molecular weight excluding hydrogens is 335 g/mol. The number of anilines is 2. The SMILES string of the molecule is CNc1cc(-c2ccc(OCCN)c(C(F)(F)F)c2)nc(C#N)c1N. The summed E-state index contributed by atoms with van der Waals surface area (Å²) in [5, 5.41) is 11.9. The van der Waals surface area contributed by atoms with Gasteiger partial charge in [-0.2, -0.15) is 18.4 Å². The third-order valence-electron chi connectivity index (χ3n) is 3.39. The fourth-order valence-electron chi connectivity index (χ4n) is 2.20. The summed E-state index contributed by atoms with van der Waals surface area (Å²) < 4.78 is 45.0. The Hall–Kier alpha value is -2.99. The van der Waals surface area contributed by atoms with Gasteiger partial charge in [-0.15, -0.1) is 0 Å². The van der Waals surface area contributed by atoms with E-state index in [2.05, 4.69) is 10.3 Å². The van der Waals surface area contributed by atoms with Crippen molar-refractivity contribution in [1.82, 2.24) is 4.98 Å². The standard InChI is InChI=1S/C16H16F3N5O/c1-23-12-7-11(24-13(8-21)15(12)22)9-2-3-14(25-5-4-20)10(6-9)16(17,18)19/h2-3,6-7H,4-5,20,22H2,1H3,(H,23,24). The number of alkyl halides is 3. The zero-order valence-corrected chi connectivity index (χ0v) is 13.3. The molecule has 1 aromatic heterocycles. The fraction of sp³-hybridized carbons (Fsp3) is 0.250. The van der Waals surface area contributed by atoms with Crippen LogP contribution in [-0.4, -0.2) is 25.2 Å². The molecule has 5 N–H and O–H groups in total. The second kappa shape index (κ2) is 7.27. The maximum absolute atomic E-state index is 13.3. The molecule has 0 radical (unpaired) electrons. The minimum atomic E-state index is -4.61. The van der Waals surface area contributed by atoms with Gasteiger partial charge >= 0.3 is 6.18 Å². The molecule has 6 nitrogen and oxygen atoms in total. The number of pyridine rings is 1. The van der Waals surface area contributed by atoms with Crippen molar-refractivity contribution in [3.8, 4) is 23.1 Å². The average Bonchev–Trinajstić information content (AvgIpc) is 2.59.